The maximum atomic E-state index is 12.1. The summed E-state index contributed by atoms with van der Waals surface area (Å²) >= 11 is 1.30. The van der Waals surface area contributed by atoms with Gasteiger partial charge in [0.25, 0.3) is 5.91 Å². The maximum absolute atomic E-state index is 12.1. The number of thiophene rings is 1. The molecule has 112 valence electrons. The summed E-state index contributed by atoms with van der Waals surface area (Å²) in [6.45, 7) is 3.04. The first-order valence-corrected chi connectivity index (χ1v) is 8.27. The molecule has 0 spiro atoms. The molecule has 2 aliphatic rings. The van der Waals surface area contributed by atoms with E-state index < -0.39 is 0 Å². The Labute approximate surface area is 128 Å². The van der Waals surface area contributed by atoms with Crippen LogP contribution in [0.3, 0.4) is 0 Å². The third-order valence-electron chi connectivity index (χ3n) is 4.51. The molecule has 3 rings (SSSR count). The van der Waals surface area contributed by atoms with Gasteiger partial charge >= 0.3 is 0 Å². The van der Waals surface area contributed by atoms with Crippen molar-refractivity contribution in [2.45, 2.75) is 45.1 Å². The quantitative estimate of drug-likeness (QED) is 0.753. The first kappa shape index (κ1) is 14.2. The molecule has 2 saturated carbocycles. The van der Waals surface area contributed by atoms with E-state index in [-0.39, 0.29) is 11.9 Å². The van der Waals surface area contributed by atoms with E-state index in [1.54, 1.807) is 0 Å². The monoisotopic (exact) mass is 304 g/mol. The molecule has 1 amide bonds. The summed E-state index contributed by atoms with van der Waals surface area (Å²) < 4.78 is 0. The number of nitriles is 1. The third kappa shape index (κ3) is 2.84. The topological polar surface area (TPSA) is 90.9 Å². The van der Waals surface area contributed by atoms with Gasteiger partial charge in [0.2, 0.25) is 0 Å². The van der Waals surface area contributed by atoms with Gasteiger partial charge in [-0.05, 0) is 37.5 Å². The van der Waals surface area contributed by atoms with Gasteiger partial charge < -0.3 is 16.4 Å². The first-order valence-electron chi connectivity index (χ1n) is 7.45. The Hall–Kier alpha value is -1.74. The highest BCUT2D eigenvalue weighted by Crippen LogP contribution is 2.49. The minimum atomic E-state index is -0.152. The standard InChI is InChI=1S/C15H20N4OS/c1-2-15(5-6-15)8-18-14-10(7-16)11(17)12(21-14)13(20)19-9-3-4-9/h9,18H,2-6,8,17H2,1H3,(H,19,20). The van der Waals surface area contributed by atoms with E-state index in [0.29, 0.717) is 21.5 Å². The van der Waals surface area contributed by atoms with Crippen LogP contribution in [0.4, 0.5) is 10.7 Å². The van der Waals surface area contributed by atoms with Crippen LogP contribution in [-0.2, 0) is 0 Å². The van der Waals surface area contributed by atoms with Crippen molar-refractivity contribution >= 4 is 27.9 Å². The molecule has 0 bridgehead atoms. The molecule has 0 atom stereocenters. The lowest BCUT2D eigenvalue weighted by Crippen LogP contribution is -2.25. The second-order valence-electron chi connectivity index (χ2n) is 6.12. The Bertz CT molecular complexity index is 608. The van der Waals surface area contributed by atoms with Crippen molar-refractivity contribution in [3.05, 3.63) is 10.4 Å². The minimum Gasteiger partial charge on any atom is -0.396 e. The second kappa shape index (κ2) is 5.23. The summed E-state index contributed by atoms with van der Waals surface area (Å²) in [5, 5.41) is 16.3. The van der Waals surface area contributed by atoms with Crippen molar-refractivity contribution in [3.63, 3.8) is 0 Å². The fraction of sp³-hybridized carbons (Fsp3) is 0.600. The number of hydrogen-bond acceptors (Lipinski definition) is 5. The second-order valence-corrected chi connectivity index (χ2v) is 7.14. The highest BCUT2D eigenvalue weighted by Gasteiger charge is 2.40. The molecule has 0 aliphatic heterocycles. The van der Waals surface area contributed by atoms with Crippen LogP contribution in [0.2, 0.25) is 0 Å². The van der Waals surface area contributed by atoms with Gasteiger partial charge in [-0.1, -0.05) is 6.92 Å². The van der Waals surface area contributed by atoms with E-state index in [2.05, 4.69) is 23.6 Å². The lowest BCUT2D eigenvalue weighted by atomic mass is 10.0. The number of carbonyl (C=O) groups is 1. The van der Waals surface area contributed by atoms with E-state index in [4.69, 9.17) is 5.73 Å². The Morgan fingerprint density at radius 1 is 1.52 bits per heavy atom. The molecule has 0 aromatic carbocycles. The summed E-state index contributed by atoms with van der Waals surface area (Å²) in [6, 6.07) is 2.41. The molecule has 0 unspecified atom stereocenters. The lowest BCUT2D eigenvalue weighted by Gasteiger charge is -2.13. The average Bonchev–Trinajstić information content (AvgIpc) is 3.38. The summed E-state index contributed by atoms with van der Waals surface area (Å²) in [5.41, 5.74) is 7.08. The van der Waals surface area contributed by atoms with Gasteiger partial charge in [-0.3, -0.25) is 4.79 Å². The molecule has 1 aromatic heterocycles. The van der Waals surface area contributed by atoms with E-state index in [0.717, 1.165) is 30.8 Å². The van der Waals surface area contributed by atoms with Crippen molar-refractivity contribution in [2.75, 3.05) is 17.6 Å². The van der Waals surface area contributed by atoms with Crippen LogP contribution >= 0.6 is 11.3 Å². The van der Waals surface area contributed by atoms with Crippen LogP contribution in [0.1, 0.15) is 54.3 Å². The Kier molecular flexibility index (Phi) is 3.54. The lowest BCUT2D eigenvalue weighted by molar-refractivity contribution is 0.0956. The molecule has 5 nitrogen and oxygen atoms in total. The zero-order valence-electron chi connectivity index (χ0n) is 12.2. The fourth-order valence-corrected chi connectivity index (χ4v) is 3.40. The van der Waals surface area contributed by atoms with Gasteiger partial charge in [-0.25, -0.2) is 0 Å². The van der Waals surface area contributed by atoms with E-state index >= 15 is 0 Å². The number of rotatable bonds is 6. The highest BCUT2D eigenvalue weighted by molar-refractivity contribution is 7.18. The third-order valence-corrected chi connectivity index (χ3v) is 5.67. The van der Waals surface area contributed by atoms with Gasteiger partial charge in [0.15, 0.2) is 0 Å². The molecular formula is C15H20N4OS. The number of hydrogen-bond donors (Lipinski definition) is 3. The van der Waals surface area contributed by atoms with Crippen molar-refractivity contribution in [2.24, 2.45) is 5.41 Å². The molecule has 21 heavy (non-hydrogen) atoms. The maximum Gasteiger partial charge on any atom is 0.263 e. The SMILES string of the molecule is CCC1(CNc2sc(C(=O)NC3CC3)c(N)c2C#N)CC1. The zero-order chi connectivity index (χ0) is 15.0. The predicted molar refractivity (Wildman–Crippen MR) is 84.4 cm³/mol. The molecule has 0 radical (unpaired) electrons. The number of anilines is 2. The number of nitrogen functional groups attached to an aromatic ring is 1. The number of nitrogens with zero attached hydrogens (tertiary/aromatic N) is 1. The van der Waals surface area contributed by atoms with Crippen LogP contribution in [0.5, 0.6) is 0 Å². The summed E-state index contributed by atoms with van der Waals surface area (Å²) in [4.78, 5) is 12.6. The number of nitrogens with two attached hydrogens (primary N) is 1. The van der Waals surface area contributed by atoms with E-state index in [1.807, 2.05) is 0 Å². The smallest absolute Gasteiger partial charge is 0.263 e. The van der Waals surface area contributed by atoms with Crippen molar-refractivity contribution < 1.29 is 4.79 Å². The Morgan fingerprint density at radius 2 is 2.24 bits per heavy atom. The molecule has 0 saturated heterocycles. The van der Waals surface area contributed by atoms with Gasteiger partial charge in [0.05, 0.1) is 5.69 Å². The minimum absolute atomic E-state index is 0.152. The number of amides is 1. The van der Waals surface area contributed by atoms with Gasteiger partial charge in [0.1, 0.15) is 21.5 Å². The normalized spacial score (nSPS) is 18.9. The van der Waals surface area contributed by atoms with E-state index in [1.165, 1.54) is 24.2 Å². The molecule has 4 N–H and O–H groups in total. The Balaban J connectivity index is 1.76. The zero-order valence-corrected chi connectivity index (χ0v) is 13.0. The molecule has 2 aliphatic carbocycles. The van der Waals surface area contributed by atoms with Crippen molar-refractivity contribution in [1.29, 1.82) is 5.26 Å². The van der Waals surface area contributed by atoms with Crippen LogP contribution in [0.15, 0.2) is 0 Å². The van der Waals surface area contributed by atoms with Crippen LogP contribution in [-0.4, -0.2) is 18.5 Å². The molecule has 2 fully saturated rings. The molecule has 1 aromatic rings. The van der Waals surface area contributed by atoms with E-state index in [9.17, 15) is 10.1 Å². The van der Waals surface area contributed by atoms with Crippen LogP contribution in [0.25, 0.3) is 0 Å². The molecule has 6 heteroatoms. The van der Waals surface area contributed by atoms with Crippen molar-refractivity contribution in [1.82, 2.24) is 5.32 Å². The summed E-state index contributed by atoms with van der Waals surface area (Å²) in [7, 11) is 0. The van der Waals surface area contributed by atoms with Crippen LogP contribution < -0.4 is 16.4 Å². The van der Waals surface area contributed by atoms with Crippen molar-refractivity contribution in [3.8, 4) is 6.07 Å². The summed E-state index contributed by atoms with van der Waals surface area (Å²) in [6.07, 6.45) is 5.67. The molecular weight excluding hydrogens is 284 g/mol. The number of carbonyl (C=O) groups excluding carboxylic acids is 1. The van der Waals surface area contributed by atoms with Gasteiger partial charge in [-0.15, -0.1) is 11.3 Å². The highest BCUT2D eigenvalue weighted by atomic mass is 32.1. The number of nitrogens with one attached hydrogen (secondary N) is 2. The van der Waals surface area contributed by atoms with Gasteiger partial charge in [0, 0.05) is 12.6 Å². The van der Waals surface area contributed by atoms with Gasteiger partial charge in [-0.2, -0.15) is 5.26 Å². The fourth-order valence-electron chi connectivity index (χ4n) is 2.43. The summed E-state index contributed by atoms with van der Waals surface area (Å²) in [5.74, 6) is -0.152. The molecule has 1 heterocycles. The predicted octanol–water partition coefficient (Wildman–Crippen LogP) is 2.70. The Morgan fingerprint density at radius 3 is 2.76 bits per heavy atom. The average molecular weight is 304 g/mol. The first-order chi connectivity index (χ1) is 10.1. The van der Waals surface area contributed by atoms with Crippen LogP contribution in [0, 0.1) is 16.7 Å². The largest absolute Gasteiger partial charge is 0.396 e.